The van der Waals surface area contributed by atoms with Crippen LogP contribution in [0.4, 0.5) is 0 Å². The molecular weight excluding hydrogens is 196 g/mol. The van der Waals surface area contributed by atoms with Crippen molar-refractivity contribution in [3.8, 4) is 0 Å². The monoisotopic (exact) mass is 216 g/mol. The smallest absolute Gasteiger partial charge is 0.302 e. The van der Waals surface area contributed by atoms with Crippen LogP contribution in [0, 0.1) is 0 Å². The first-order chi connectivity index (χ1) is 6.74. The number of carbonyl (C=O) groups is 1. The van der Waals surface area contributed by atoms with Crippen molar-refractivity contribution in [2.75, 3.05) is 6.26 Å². The molecule has 0 aromatic heterocycles. The van der Waals surface area contributed by atoms with Crippen LogP contribution in [0.25, 0.3) is 0 Å². The van der Waals surface area contributed by atoms with Crippen molar-refractivity contribution in [2.45, 2.75) is 56.8 Å². The third kappa shape index (κ3) is 3.91. The number of hydrogen-bond acceptors (Lipinski definition) is 3. The predicted octanol–water partition coefficient (Wildman–Crippen LogP) is 3.00. The van der Waals surface area contributed by atoms with Gasteiger partial charge in [0.15, 0.2) is 0 Å². The van der Waals surface area contributed by atoms with Crippen LogP contribution in [0.2, 0.25) is 0 Å². The van der Waals surface area contributed by atoms with Gasteiger partial charge in [-0.05, 0) is 25.5 Å². The lowest BCUT2D eigenvalue weighted by Gasteiger charge is -2.27. The molecule has 0 aromatic carbocycles. The van der Waals surface area contributed by atoms with Gasteiger partial charge in [0, 0.05) is 12.2 Å². The van der Waals surface area contributed by atoms with Crippen LogP contribution in [0.3, 0.4) is 0 Å². The largest absolute Gasteiger partial charge is 0.461 e. The lowest BCUT2D eigenvalue weighted by atomic mass is 9.98. The molecule has 1 saturated carbocycles. The van der Waals surface area contributed by atoms with E-state index in [1.54, 1.807) is 0 Å². The van der Waals surface area contributed by atoms with E-state index >= 15 is 0 Å². The fraction of sp³-hybridized carbons (Fsp3) is 0.909. The van der Waals surface area contributed by atoms with E-state index in [-0.39, 0.29) is 12.1 Å². The minimum atomic E-state index is -0.130. The third-order valence-electron chi connectivity index (χ3n) is 2.76. The second kappa shape index (κ2) is 6.33. The summed E-state index contributed by atoms with van der Waals surface area (Å²) < 4.78 is 5.37. The number of esters is 1. The van der Waals surface area contributed by atoms with Gasteiger partial charge in [0.1, 0.15) is 6.10 Å². The molecule has 1 aliphatic rings. The highest BCUT2D eigenvalue weighted by molar-refractivity contribution is 7.99. The molecule has 2 atom stereocenters. The van der Waals surface area contributed by atoms with Crippen LogP contribution in [0.15, 0.2) is 0 Å². The predicted molar refractivity (Wildman–Crippen MR) is 60.6 cm³/mol. The zero-order chi connectivity index (χ0) is 10.4. The van der Waals surface area contributed by atoms with Crippen LogP contribution in [-0.4, -0.2) is 23.6 Å². The lowest BCUT2D eigenvalue weighted by molar-refractivity contribution is -0.146. The van der Waals surface area contributed by atoms with Crippen LogP contribution < -0.4 is 0 Å². The lowest BCUT2D eigenvalue weighted by Crippen LogP contribution is -2.29. The molecule has 2 unspecified atom stereocenters. The highest BCUT2D eigenvalue weighted by Crippen LogP contribution is 2.27. The highest BCUT2D eigenvalue weighted by atomic mass is 32.2. The number of hydrogen-bond donors (Lipinski definition) is 0. The standard InChI is InChI=1S/C11H20O2S/c1-9(12)13-10-7-5-3-4-6-8-11(10)14-2/h10-11H,3-8H2,1-2H3. The zero-order valence-corrected chi connectivity index (χ0v) is 9.94. The summed E-state index contributed by atoms with van der Waals surface area (Å²) in [6.45, 7) is 1.51. The summed E-state index contributed by atoms with van der Waals surface area (Å²) in [6, 6.07) is 0. The normalized spacial score (nSPS) is 29.0. The van der Waals surface area contributed by atoms with E-state index in [1.807, 2.05) is 11.8 Å². The Morgan fingerprint density at radius 1 is 1.21 bits per heavy atom. The molecule has 2 nitrogen and oxygen atoms in total. The summed E-state index contributed by atoms with van der Waals surface area (Å²) >= 11 is 1.84. The van der Waals surface area contributed by atoms with Crippen molar-refractivity contribution in [1.82, 2.24) is 0 Å². The fourth-order valence-electron chi connectivity index (χ4n) is 2.03. The van der Waals surface area contributed by atoms with Gasteiger partial charge in [-0.2, -0.15) is 11.8 Å². The van der Waals surface area contributed by atoms with Gasteiger partial charge in [0.25, 0.3) is 0 Å². The molecule has 0 aromatic rings. The molecule has 3 heteroatoms. The molecule has 0 N–H and O–H groups in total. The van der Waals surface area contributed by atoms with Crippen molar-refractivity contribution in [1.29, 1.82) is 0 Å². The van der Waals surface area contributed by atoms with Gasteiger partial charge in [0.05, 0.1) is 0 Å². The molecule has 0 heterocycles. The molecule has 0 amide bonds. The zero-order valence-electron chi connectivity index (χ0n) is 9.12. The molecule has 0 aliphatic heterocycles. The quantitative estimate of drug-likeness (QED) is 0.664. The van der Waals surface area contributed by atoms with E-state index in [1.165, 1.54) is 39.0 Å². The SMILES string of the molecule is CSC1CCCCCCC1OC(C)=O. The summed E-state index contributed by atoms with van der Waals surface area (Å²) in [5.74, 6) is -0.130. The highest BCUT2D eigenvalue weighted by Gasteiger charge is 2.24. The van der Waals surface area contributed by atoms with Crippen molar-refractivity contribution in [3.63, 3.8) is 0 Å². The van der Waals surface area contributed by atoms with Gasteiger partial charge in [0.2, 0.25) is 0 Å². The molecule has 82 valence electrons. The fourth-order valence-corrected chi connectivity index (χ4v) is 2.93. The molecular formula is C11H20O2S. The summed E-state index contributed by atoms with van der Waals surface area (Å²) in [5, 5.41) is 0.513. The first kappa shape index (κ1) is 11.9. The van der Waals surface area contributed by atoms with Crippen molar-refractivity contribution >= 4 is 17.7 Å². The van der Waals surface area contributed by atoms with Crippen LogP contribution in [0.5, 0.6) is 0 Å². The summed E-state index contributed by atoms with van der Waals surface area (Å²) in [6.07, 6.45) is 9.62. The number of thioether (sulfide) groups is 1. The van der Waals surface area contributed by atoms with Crippen molar-refractivity contribution in [2.24, 2.45) is 0 Å². The molecule has 0 radical (unpaired) electrons. The van der Waals surface area contributed by atoms with Gasteiger partial charge < -0.3 is 4.74 Å². The van der Waals surface area contributed by atoms with Gasteiger partial charge in [-0.25, -0.2) is 0 Å². The second-order valence-electron chi connectivity index (χ2n) is 3.91. The Hall–Kier alpha value is -0.180. The Labute approximate surface area is 90.8 Å². The van der Waals surface area contributed by atoms with E-state index in [0.29, 0.717) is 5.25 Å². The molecule has 1 aliphatic carbocycles. The van der Waals surface area contributed by atoms with E-state index in [0.717, 1.165) is 6.42 Å². The van der Waals surface area contributed by atoms with Gasteiger partial charge in [-0.15, -0.1) is 0 Å². The molecule has 14 heavy (non-hydrogen) atoms. The minimum absolute atomic E-state index is 0.130. The van der Waals surface area contributed by atoms with E-state index in [2.05, 4.69) is 6.26 Å². The molecule has 1 fully saturated rings. The van der Waals surface area contributed by atoms with Crippen LogP contribution in [0.1, 0.15) is 45.4 Å². The number of ether oxygens (including phenoxy) is 1. The van der Waals surface area contributed by atoms with Gasteiger partial charge in [-0.1, -0.05) is 19.3 Å². The van der Waals surface area contributed by atoms with Crippen molar-refractivity contribution in [3.05, 3.63) is 0 Å². The first-order valence-electron chi connectivity index (χ1n) is 5.44. The Bertz CT molecular complexity index is 182. The maximum atomic E-state index is 10.9. The van der Waals surface area contributed by atoms with Crippen LogP contribution >= 0.6 is 11.8 Å². The maximum absolute atomic E-state index is 10.9. The Morgan fingerprint density at radius 3 is 2.43 bits per heavy atom. The second-order valence-corrected chi connectivity index (χ2v) is 4.99. The minimum Gasteiger partial charge on any atom is -0.461 e. The Morgan fingerprint density at radius 2 is 1.86 bits per heavy atom. The van der Waals surface area contributed by atoms with Crippen molar-refractivity contribution < 1.29 is 9.53 Å². The Kier molecular flexibility index (Phi) is 5.38. The number of carbonyl (C=O) groups excluding carboxylic acids is 1. The average molecular weight is 216 g/mol. The molecule has 0 bridgehead atoms. The maximum Gasteiger partial charge on any atom is 0.302 e. The third-order valence-corrected chi connectivity index (χ3v) is 3.91. The summed E-state index contributed by atoms with van der Waals surface area (Å²) in [7, 11) is 0. The Balaban J connectivity index is 2.49. The topological polar surface area (TPSA) is 26.3 Å². The summed E-state index contributed by atoms with van der Waals surface area (Å²) in [5.41, 5.74) is 0. The van der Waals surface area contributed by atoms with Gasteiger partial charge in [-0.3, -0.25) is 4.79 Å². The van der Waals surface area contributed by atoms with E-state index in [4.69, 9.17) is 4.74 Å². The molecule has 0 saturated heterocycles. The molecule has 0 spiro atoms. The van der Waals surface area contributed by atoms with E-state index in [9.17, 15) is 4.79 Å². The van der Waals surface area contributed by atoms with Crippen LogP contribution in [-0.2, 0) is 9.53 Å². The summed E-state index contributed by atoms with van der Waals surface area (Å²) in [4.78, 5) is 10.9. The average Bonchev–Trinajstić information content (AvgIpc) is 2.10. The first-order valence-corrected chi connectivity index (χ1v) is 6.73. The number of rotatable bonds is 2. The van der Waals surface area contributed by atoms with E-state index < -0.39 is 0 Å². The van der Waals surface area contributed by atoms with Gasteiger partial charge >= 0.3 is 5.97 Å². The molecule has 1 rings (SSSR count).